The first-order chi connectivity index (χ1) is 4.27. The van der Waals surface area contributed by atoms with Gasteiger partial charge in [-0.1, -0.05) is 13.8 Å². The molecule has 0 saturated carbocycles. The van der Waals surface area contributed by atoms with Crippen molar-refractivity contribution >= 4 is 29.6 Å². The third-order valence-electron chi connectivity index (χ3n) is 0.577. The van der Waals surface area contributed by atoms with Gasteiger partial charge in [-0.3, -0.25) is 0 Å². The lowest BCUT2D eigenvalue weighted by atomic mass is 10.4. The van der Waals surface area contributed by atoms with Crippen LogP contribution in [0.2, 0.25) is 0 Å². The van der Waals surface area contributed by atoms with Gasteiger partial charge >= 0.3 is 8.26 Å². The highest BCUT2D eigenvalue weighted by atomic mass is 36.0. The highest BCUT2D eigenvalue weighted by molar-refractivity contribution is 8.31. The molecule has 0 spiro atoms. The summed E-state index contributed by atoms with van der Waals surface area (Å²) in [5.41, 5.74) is 0. The van der Waals surface area contributed by atoms with E-state index in [0.29, 0.717) is 6.04 Å². The molecule has 0 radical (unpaired) electrons. The average molecular weight is 208 g/mol. The summed E-state index contributed by atoms with van der Waals surface area (Å²) in [5, 5.41) is 3.03. The Bertz CT molecular complexity index is 147. The summed E-state index contributed by atoms with van der Waals surface area (Å²) < 4.78 is 18.3. The van der Waals surface area contributed by atoms with Gasteiger partial charge in [0.15, 0.2) is 0 Å². The predicted octanol–water partition coefficient (Wildman–Crippen LogP) is 1.32. The maximum absolute atomic E-state index is 9.16. The van der Waals surface area contributed by atoms with Gasteiger partial charge in [0.1, 0.15) is 0 Å². The minimum Gasteiger partial charge on any atom is -0.318 e. The van der Waals surface area contributed by atoms with Crippen LogP contribution in [0.4, 0.5) is 0 Å². The summed E-state index contributed by atoms with van der Waals surface area (Å²) in [6, 6.07) is 0.634. The van der Waals surface area contributed by atoms with E-state index in [1.54, 1.807) is 0 Å². The highest BCUT2D eigenvalue weighted by Crippen LogP contribution is 1.98. The SMILES string of the molecule is CNC(C)C.O=S(=O)(Cl)Cl. The van der Waals surface area contributed by atoms with Crippen molar-refractivity contribution in [2.24, 2.45) is 0 Å². The lowest BCUT2D eigenvalue weighted by Crippen LogP contribution is -2.15. The highest BCUT2D eigenvalue weighted by Gasteiger charge is 1.88. The normalized spacial score (nSPS) is 10.6. The van der Waals surface area contributed by atoms with Gasteiger partial charge in [0.2, 0.25) is 0 Å². The Morgan fingerprint density at radius 2 is 1.40 bits per heavy atom. The first kappa shape index (κ1) is 13.1. The van der Waals surface area contributed by atoms with E-state index in [2.05, 4.69) is 40.5 Å². The molecular formula is C4H11Cl2NO2S. The third-order valence-corrected chi connectivity index (χ3v) is 0.577. The van der Waals surface area contributed by atoms with Crippen LogP contribution in [-0.2, 0) is 8.26 Å². The Hall–Kier alpha value is 0.490. The van der Waals surface area contributed by atoms with Crippen molar-refractivity contribution in [1.82, 2.24) is 5.32 Å². The van der Waals surface area contributed by atoms with E-state index in [9.17, 15) is 0 Å². The molecule has 0 heterocycles. The summed E-state index contributed by atoms with van der Waals surface area (Å²) in [6.45, 7) is 4.22. The van der Waals surface area contributed by atoms with Gasteiger partial charge in [-0.15, -0.1) is 0 Å². The molecule has 0 bridgehead atoms. The second-order valence-corrected chi connectivity index (χ2v) is 5.49. The second kappa shape index (κ2) is 6.22. The molecule has 3 nitrogen and oxygen atoms in total. The van der Waals surface area contributed by atoms with Gasteiger partial charge in [-0.25, -0.2) is 0 Å². The molecule has 0 atom stereocenters. The first-order valence-electron chi connectivity index (χ1n) is 2.59. The van der Waals surface area contributed by atoms with E-state index >= 15 is 0 Å². The van der Waals surface area contributed by atoms with Crippen LogP contribution in [0.5, 0.6) is 0 Å². The fraction of sp³-hybridized carbons (Fsp3) is 1.00. The minimum atomic E-state index is -3.72. The number of rotatable bonds is 1. The molecule has 0 fully saturated rings. The summed E-state index contributed by atoms with van der Waals surface area (Å²) in [6.07, 6.45) is 0. The van der Waals surface area contributed by atoms with Crippen molar-refractivity contribution in [2.75, 3.05) is 7.05 Å². The Morgan fingerprint density at radius 3 is 1.40 bits per heavy atom. The summed E-state index contributed by atoms with van der Waals surface area (Å²) in [7, 11) is 6.76. The maximum Gasteiger partial charge on any atom is 0.317 e. The summed E-state index contributed by atoms with van der Waals surface area (Å²) >= 11 is 0. The van der Waals surface area contributed by atoms with Crippen molar-refractivity contribution < 1.29 is 8.42 Å². The van der Waals surface area contributed by atoms with Crippen LogP contribution in [0, 0.1) is 0 Å². The predicted molar refractivity (Wildman–Crippen MR) is 44.8 cm³/mol. The van der Waals surface area contributed by atoms with Crippen molar-refractivity contribution in [3.05, 3.63) is 0 Å². The van der Waals surface area contributed by atoms with Crippen LogP contribution in [0.3, 0.4) is 0 Å². The molecule has 0 rings (SSSR count). The van der Waals surface area contributed by atoms with Crippen molar-refractivity contribution in [3.63, 3.8) is 0 Å². The van der Waals surface area contributed by atoms with Gasteiger partial charge in [-0.2, -0.15) is 8.42 Å². The van der Waals surface area contributed by atoms with E-state index < -0.39 is 8.26 Å². The summed E-state index contributed by atoms with van der Waals surface area (Å²) in [4.78, 5) is 0. The summed E-state index contributed by atoms with van der Waals surface area (Å²) in [5.74, 6) is 0. The third kappa shape index (κ3) is 76.8. The molecule has 0 unspecified atom stereocenters. The van der Waals surface area contributed by atoms with E-state index in [4.69, 9.17) is 8.42 Å². The molecule has 0 amide bonds. The van der Waals surface area contributed by atoms with E-state index in [0.717, 1.165) is 0 Å². The van der Waals surface area contributed by atoms with E-state index in [-0.39, 0.29) is 0 Å². The maximum atomic E-state index is 9.16. The number of halogens is 2. The van der Waals surface area contributed by atoms with Crippen LogP contribution in [0.25, 0.3) is 0 Å². The quantitative estimate of drug-likeness (QED) is 0.661. The Balaban J connectivity index is 0. The second-order valence-electron chi connectivity index (χ2n) is 1.82. The molecule has 0 saturated heterocycles. The average Bonchev–Trinajstić information content (AvgIpc) is 1.61. The zero-order chi connectivity index (χ0) is 8.78. The molecule has 0 aliphatic carbocycles. The van der Waals surface area contributed by atoms with Gasteiger partial charge < -0.3 is 5.32 Å². The molecule has 1 N–H and O–H groups in total. The Kier molecular flexibility index (Phi) is 8.15. The van der Waals surface area contributed by atoms with Crippen LogP contribution in [0.1, 0.15) is 13.8 Å². The molecule has 0 aromatic heterocycles. The van der Waals surface area contributed by atoms with Crippen LogP contribution in [-0.4, -0.2) is 21.5 Å². The number of nitrogens with one attached hydrogen (secondary N) is 1. The molecule has 0 aromatic rings. The molecule has 0 aliphatic heterocycles. The zero-order valence-electron chi connectivity index (χ0n) is 6.06. The minimum absolute atomic E-state index is 0.634. The fourth-order valence-corrected chi connectivity index (χ4v) is 0. The Morgan fingerprint density at radius 1 is 1.30 bits per heavy atom. The van der Waals surface area contributed by atoms with Crippen LogP contribution in [0.15, 0.2) is 0 Å². The van der Waals surface area contributed by atoms with Gasteiger partial charge in [0, 0.05) is 27.4 Å². The molecule has 0 aliphatic rings. The molecule has 64 valence electrons. The van der Waals surface area contributed by atoms with Crippen molar-refractivity contribution in [1.29, 1.82) is 0 Å². The standard InChI is InChI=1S/C4H11N.Cl2O2S/c1-4(2)5-3;1-5(2,3)4/h4-5H,1-3H3;. The van der Waals surface area contributed by atoms with Crippen LogP contribution >= 0.6 is 21.4 Å². The number of hydrogen-bond donors (Lipinski definition) is 1. The van der Waals surface area contributed by atoms with E-state index in [1.807, 2.05) is 7.05 Å². The fourth-order valence-electron chi connectivity index (χ4n) is 0. The number of hydrogen-bond acceptors (Lipinski definition) is 3. The topological polar surface area (TPSA) is 46.2 Å². The van der Waals surface area contributed by atoms with Gasteiger partial charge in [0.05, 0.1) is 0 Å². The van der Waals surface area contributed by atoms with Gasteiger partial charge in [0.25, 0.3) is 0 Å². The van der Waals surface area contributed by atoms with E-state index in [1.165, 1.54) is 0 Å². The monoisotopic (exact) mass is 207 g/mol. The van der Waals surface area contributed by atoms with Crippen molar-refractivity contribution in [2.45, 2.75) is 19.9 Å². The molecule has 6 heteroatoms. The molecule has 0 aromatic carbocycles. The smallest absolute Gasteiger partial charge is 0.317 e. The largest absolute Gasteiger partial charge is 0.318 e. The zero-order valence-corrected chi connectivity index (χ0v) is 8.39. The molecule has 10 heavy (non-hydrogen) atoms. The molecular weight excluding hydrogens is 197 g/mol. The first-order valence-corrected chi connectivity index (χ1v) is 5.72. The van der Waals surface area contributed by atoms with Crippen molar-refractivity contribution in [3.8, 4) is 0 Å². The lowest BCUT2D eigenvalue weighted by molar-refractivity contribution is 0.621. The van der Waals surface area contributed by atoms with Crippen LogP contribution < -0.4 is 5.32 Å². The lowest BCUT2D eigenvalue weighted by Gasteiger charge is -1.95. The Labute approximate surface area is 70.6 Å². The van der Waals surface area contributed by atoms with Gasteiger partial charge in [-0.05, 0) is 7.05 Å².